The Labute approximate surface area is 169 Å². The first-order valence-corrected chi connectivity index (χ1v) is 11.1. The number of rotatable bonds is 6. The van der Waals surface area contributed by atoms with Gasteiger partial charge in [-0.1, -0.05) is 12.1 Å². The molecule has 0 fully saturated rings. The number of benzene rings is 1. The van der Waals surface area contributed by atoms with Crippen LogP contribution in [0.2, 0.25) is 0 Å². The lowest BCUT2D eigenvalue weighted by molar-refractivity contribution is 0.340. The molecule has 0 N–H and O–H groups in total. The zero-order chi connectivity index (χ0) is 18.5. The van der Waals surface area contributed by atoms with Gasteiger partial charge in [0.15, 0.2) is 0 Å². The Kier molecular flexibility index (Phi) is 5.62. The molecule has 0 aliphatic carbocycles. The van der Waals surface area contributed by atoms with E-state index >= 15 is 0 Å². The third kappa shape index (κ3) is 4.27. The quantitative estimate of drug-likeness (QED) is 0.367. The zero-order valence-electron chi connectivity index (χ0n) is 14.6. The lowest BCUT2D eigenvalue weighted by atomic mass is 10.3. The van der Waals surface area contributed by atoms with Gasteiger partial charge in [0.05, 0.1) is 29.1 Å². The average molecular weight is 412 g/mol. The summed E-state index contributed by atoms with van der Waals surface area (Å²) in [7, 11) is 0. The number of aromatic nitrogens is 1. The average Bonchev–Trinajstić information content (AvgIpc) is 3.44. The van der Waals surface area contributed by atoms with E-state index in [4.69, 9.17) is 14.8 Å². The fraction of sp³-hybridized carbons (Fsp3) is 0.100. The highest BCUT2D eigenvalue weighted by molar-refractivity contribution is 7.14. The van der Waals surface area contributed by atoms with Crippen LogP contribution in [0.4, 0.5) is 5.69 Å². The van der Waals surface area contributed by atoms with E-state index < -0.39 is 0 Å². The van der Waals surface area contributed by atoms with Gasteiger partial charge in [0.25, 0.3) is 0 Å². The minimum absolute atomic E-state index is 0.656. The second-order valence-corrected chi connectivity index (χ2v) is 8.25. The summed E-state index contributed by atoms with van der Waals surface area (Å²) in [6.07, 6.45) is 1.88. The van der Waals surface area contributed by atoms with Crippen LogP contribution >= 0.6 is 34.0 Å². The first-order valence-electron chi connectivity index (χ1n) is 8.43. The van der Waals surface area contributed by atoms with Gasteiger partial charge in [-0.05, 0) is 54.1 Å². The molecule has 0 radical (unpaired) electrons. The van der Waals surface area contributed by atoms with Crippen molar-refractivity contribution in [2.75, 3.05) is 6.61 Å². The Balaban J connectivity index is 1.75. The summed E-state index contributed by atoms with van der Waals surface area (Å²) >= 11 is 4.94. The maximum atomic E-state index is 5.50. The van der Waals surface area contributed by atoms with Crippen molar-refractivity contribution in [2.24, 2.45) is 10.1 Å². The summed E-state index contributed by atoms with van der Waals surface area (Å²) in [6.45, 7) is 2.63. The van der Waals surface area contributed by atoms with E-state index in [9.17, 15) is 0 Å². The lowest BCUT2D eigenvalue weighted by Crippen LogP contribution is -2.11. The van der Waals surface area contributed by atoms with E-state index in [0.29, 0.717) is 6.61 Å². The Morgan fingerprint density at radius 1 is 1.00 bits per heavy atom. The van der Waals surface area contributed by atoms with Crippen molar-refractivity contribution in [1.29, 1.82) is 0 Å². The molecule has 1 aromatic carbocycles. The van der Waals surface area contributed by atoms with E-state index in [0.717, 1.165) is 26.8 Å². The molecule has 27 heavy (non-hydrogen) atoms. The summed E-state index contributed by atoms with van der Waals surface area (Å²) in [5, 5.41) is 10.9. The molecule has 0 aliphatic heterocycles. The number of hydrogen-bond acceptors (Lipinski definition) is 6. The van der Waals surface area contributed by atoms with Crippen molar-refractivity contribution in [3.8, 4) is 16.3 Å². The third-order valence-electron chi connectivity index (χ3n) is 3.68. The molecule has 0 saturated heterocycles. The van der Waals surface area contributed by atoms with Gasteiger partial charge in [0, 0.05) is 10.3 Å². The number of nitrogens with zero attached hydrogens (tertiary/aromatic N) is 3. The smallest absolute Gasteiger partial charge is 0.211 e. The van der Waals surface area contributed by atoms with E-state index in [1.165, 1.54) is 4.88 Å². The minimum atomic E-state index is 0.656. The Morgan fingerprint density at radius 2 is 1.81 bits per heavy atom. The van der Waals surface area contributed by atoms with Crippen LogP contribution in [0.25, 0.3) is 10.6 Å². The molecule has 0 bridgehead atoms. The molecule has 0 atom stereocenters. The van der Waals surface area contributed by atoms with Crippen molar-refractivity contribution in [3.05, 3.63) is 74.3 Å². The minimum Gasteiger partial charge on any atom is -0.494 e. The molecule has 0 aliphatic rings. The van der Waals surface area contributed by atoms with Crippen LogP contribution < -0.4 is 9.54 Å². The monoisotopic (exact) mass is 411 g/mol. The van der Waals surface area contributed by atoms with Crippen molar-refractivity contribution >= 4 is 45.9 Å². The number of thiophene rings is 2. The van der Waals surface area contributed by atoms with Gasteiger partial charge in [-0.2, -0.15) is 5.10 Å². The molecular formula is C20H17N3OS3. The summed E-state index contributed by atoms with van der Waals surface area (Å²) in [5.41, 5.74) is 1.92. The van der Waals surface area contributed by atoms with Gasteiger partial charge in [-0.15, -0.1) is 34.0 Å². The Morgan fingerprint density at radius 3 is 2.52 bits per heavy atom. The largest absolute Gasteiger partial charge is 0.494 e. The SMILES string of the molecule is CCOc1ccc(N=c2scc(-c3cccs3)n2N=Cc2cccs2)cc1. The fourth-order valence-corrected chi connectivity index (χ4v) is 4.69. The second-order valence-electron chi connectivity index (χ2n) is 5.49. The molecule has 3 aromatic heterocycles. The predicted octanol–water partition coefficient (Wildman–Crippen LogP) is 5.85. The van der Waals surface area contributed by atoms with Gasteiger partial charge >= 0.3 is 0 Å². The molecule has 0 saturated carbocycles. The van der Waals surface area contributed by atoms with Crippen LogP contribution in [0, 0.1) is 0 Å². The van der Waals surface area contributed by atoms with E-state index in [-0.39, 0.29) is 0 Å². The van der Waals surface area contributed by atoms with Crippen LogP contribution in [0.3, 0.4) is 0 Å². The summed E-state index contributed by atoms with van der Waals surface area (Å²) in [6, 6.07) is 16.0. The normalized spacial score (nSPS) is 12.1. The van der Waals surface area contributed by atoms with Crippen LogP contribution in [0.5, 0.6) is 5.75 Å². The van der Waals surface area contributed by atoms with E-state index in [1.807, 2.05) is 59.6 Å². The number of thiazole rings is 1. The Hall–Kier alpha value is -2.48. The second kappa shape index (κ2) is 8.47. The van der Waals surface area contributed by atoms with Crippen molar-refractivity contribution < 1.29 is 4.74 Å². The molecule has 3 heterocycles. The predicted molar refractivity (Wildman–Crippen MR) is 116 cm³/mol. The van der Waals surface area contributed by atoms with Crippen LogP contribution in [-0.4, -0.2) is 17.5 Å². The van der Waals surface area contributed by atoms with Gasteiger partial charge < -0.3 is 4.74 Å². The van der Waals surface area contributed by atoms with Crippen molar-refractivity contribution in [2.45, 2.75) is 6.92 Å². The zero-order valence-corrected chi connectivity index (χ0v) is 17.1. The molecule has 136 valence electrons. The molecule has 4 aromatic rings. The number of hydrogen-bond donors (Lipinski definition) is 0. The first kappa shape index (κ1) is 17.9. The van der Waals surface area contributed by atoms with Crippen LogP contribution in [-0.2, 0) is 0 Å². The number of ether oxygens (including phenoxy) is 1. The maximum absolute atomic E-state index is 5.50. The lowest BCUT2D eigenvalue weighted by Gasteiger charge is -2.02. The van der Waals surface area contributed by atoms with Crippen molar-refractivity contribution in [3.63, 3.8) is 0 Å². The van der Waals surface area contributed by atoms with Gasteiger partial charge in [-0.25, -0.2) is 9.67 Å². The maximum Gasteiger partial charge on any atom is 0.211 e. The van der Waals surface area contributed by atoms with Gasteiger partial charge in [-0.3, -0.25) is 0 Å². The topological polar surface area (TPSA) is 38.9 Å². The summed E-state index contributed by atoms with van der Waals surface area (Å²) < 4.78 is 7.41. The van der Waals surface area contributed by atoms with E-state index in [2.05, 4.69) is 22.9 Å². The standard InChI is InChI=1S/C20H17N3OS3/c1-2-24-16-9-7-15(8-10-16)22-20-23(21-13-17-5-3-11-25-17)18(14-27-20)19-6-4-12-26-19/h3-14H,2H2,1H3. The van der Waals surface area contributed by atoms with Crippen LogP contribution in [0.15, 0.2) is 74.8 Å². The highest BCUT2D eigenvalue weighted by atomic mass is 32.1. The Bertz CT molecular complexity index is 1070. The summed E-state index contributed by atoms with van der Waals surface area (Å²) in [5.74, 6) is 0.852. The van der Waals surface area contributed by atoms with Gasteiger partial charge in [0.1, 0.15) is 5.75 Å². The van der Waals surface area contributed by atoms with Crippen molar-refractivity contribution in [1.82, 2.24) is 4.68 Å². The molecule has 4 rings (SSSR count). The van der Waals surface area contributed by atoms with Gasteiger partial charge in [0.2, 0.25) is 4.80 Å². The first-order chi connectivity index (χ1) is 13.3. The highest BCUT2D eigenvalue weighted by Gasteiger charge is 2.08. The van der Waals surface area contributed by atoms with Crippen LogP contribution in [0.1, 0.15) is 11.8 Å². The molecule has 7 heteroatoms. The molecule has 0 spiro atoms. The highest BCUT2D eigenvalue weighted by Crippen LogP contribution is 2.26. The molecule has 0 unspecified atom stereocenters. The molecular weight excluding hydrogens is 394 g/mol. The third-order valence-corrected chi connectivity index (χ3v) is 6.19. The fourth-order valence-electron chi connectivity index (χ4n) is 2.46. The summed E-state index contributed by atoms with van der Waals surface area (Å²) in [4.78, 5) is 7.90. The van der Waals surface area contributed by atoms with E-state index in [1.54, 1.807) is 34.0 Å². The molecule has 4 nitrogen and oxygen atoms in total. The molecule has 0 amide bonds.